The minimum absolute atomic E-state index is 0.226. The molecular formula is C37H51N11O4. The third-order valence-electron chi connectivity index (χ3n) is 9.26. The summed E-state index contributed by atoms with van der Waals surface area (Å²) in [4.78, 5) is 11.9. The van der Waals surface area contributed by atoms with E-state index >= 15 is 0 Å². The van der Waals surface area contributed by atoms with E-state index in [1.807, 2.05) is 57.6 Å². The lowest BCUT2D eigenvalue weighted by atomic mass is 9.89. The predicted octanol–water partition coefficient (Wildman–Crippen LogP) is 5.58. The number of anilines is 2. The third kappa shape index (κ3) is 9.81. The Morgan fingerprint density at radius 2 is 1.69 bits per heavy atom. The maximum atomic E-state index is 9.71. The van der Waals surface area contributed by atoms with Crippen LogP contribution in [0.2, 0.25) is 0 Å². The van der Waals surface area contributed by atoms with Crippen molar-refractivity contribution in [2.45, 2.75) is 123 Å². The van der Waals surface area contributed by atoms with E-state index in [0.717, 1.165) is 49.9 Å². The lowest BCUT2D eigenvalue weighted by Gasteiger charge is -2.42. The zero-order valence-electron chi connectivity index (χ0n) is 31.3. The Bertz CT molecular complexity index is 1770. The van der Waals surface area contributed by atoms with E-state index in [1.54, 1.807) is 23.1 Å². The van der Waals surface area contributed by atoms with Gasteiger partial charge in [0.15, 0.2) is 0 Å². The predicted molar refractivity (Wildman–Crippen MR) is 194 cm³/mol. The highest BCUT2D eigenvalue weighted by Gasteiger charge is 2.32. The molecule has 0 bridgehead atoms. The molecule has 0 spiro atoms. The zero-order valence-corrected chi connectivity index (χ0v) is 31.3. The van der Waals surface area contributed by atoms with Gasteiger partial charge < -0.3 is 24.3 Å². The Hall–Kier alpha value is -4.65. The van der Waals surface area contributed by atoms with Crippen LogP contribution in [0.15, 0.2) is 43.1 Å². The molecule has 4 atom stereocenters. The number of nitrogens with one attached hydrogen (secondary N) is 1. The van der Waals surface area contributed by atoms with Crippen molar-refractivity contribution in [2.24, 2.45) is 0 Å². The van der Waals surface area contributed by atoms with E-state index < -0.39 is 0 Å². The Kier molecular flexibility index (Phi) is 11.7. The van der Waals surface area contributed by atoms with Gasteiger partial charge in [0.25, 0.3) is 5.88 Å². The molecule has 1 unspecified atom stereocenters. The molecule has 0 radical (unpaired) electrons. The van der Waals surface area contributed by atoms with Crippen LogP contribution in [-0.2, 0) is 16.0 Å². The molecular weight excluding hydrogens is 662 g/mol. The molecule has 4 aromatic rings. The summed E-state index contributed by atoms with van der Waals surface area (Å²) in [5.41, 5.74) is 2.43. The van der Waals surface area contributed by atoms with Gasteiger partial charge in [0.1, 0.15) is 36.0 Å². The van der Waals surface area contributed by atoms with Crippen molar-refractivity contribution in [1.29, 1.82) is 5.26 Å². The number of morpholine rings is 1. The van der Waals surface area contributed by atoms with Crippen molar-refractivity contribution in [1.82, 2.24) is 44.9 Å². The molecule has 15 heteroatoms. The van der Waals surface area contributed by atoms with E-state index in [0.29, 0.717) is 48.0 Å². The van der Waals surface area contributed by atoms with Gasteiger partial charge in [-0.3, -0.25) is 9.58 Å². The monoisotopic (exact) mass is 713 g/mol. The Morgan fingerprint density at radius 1 is 0.981 bits per heavy atom. The van der Waals surface area contributed by atoms with Gasteiger partial charge in [-0.15, -0.1) is 10.2 Å². The van der Waals surface area contributed by atoms with Crippen molar-refractivity contribution in [3.05, 3.63) is 48.7 Å². The number of nitrogens with zero attached hydrogens (tertiary/aromatic N) is 10. The van der Waals surface area contributed by atoms with Crippen molar-refractivity contribution < 1.29 is 18.9 Å². The van der Waals surface area contributed by atoms with E-state index in [4.69, 9.17) is 24.0 Å². The molecule has 3 aromatic heterocycles. The first-order valence-electron chi connectivity index (χ1n) is 18.2. The normalized spacial score (nSPS) is 22.3. The molecule has 1 aliphatic carbocycles. The van der Waals surface area contributed by atoms with Crippen molar-refractivity contribution in [3.8, 4) is 28.8 Å². The molecule has 2 aliphatic rings. The van der Waals surface area contributed by atoms with Crippen LogP contribution in [-0.4, -0.2) is 101 Å². The highest BCUT2D eigenvalue weighted by molar-refractivity contribution is 5.67. The second-order valence-corrected chi connectivity index (χ2v) is 15.1. The summed E-state index contributed by atoms with van der Waals surface area (Å²) in [5, 5.41) is 29.2. The molecule has 1 aromatic carbocycles. The van der Waals surface area contributed by atoms with Crippen molar-refractivity contribution in [2.75, 3.05) is 25.0 Å². The fraction of sp³-hybridized carbons (Fsp3) is 0.595. The average Bonchev–Trinajstić information content (AvgIpc) is 3.77. The van der Waals surface area contributed by atoms with Crippen molar-refractivity contribution in [3.63, 3.8) is 0 Å². The number of aromatic nitrogens is 8. The maximum Gasteiger partial charge on any atom is 0.257 e. The average molecular weight is 714 g/mol. The van der Waals surface area contributed by atoms with Crippen LogP contribution in [0.4, 0.5) is 11.6 Å². The second kappa shape index (κ2) is 16.4. The Balaban J connectivity index is 1.15. The molecule has 1 saturated carbocycles. The number of hydrogen-bond acceptors (Lipinski definition) is 13. The quantitative estimate of drug-likeness (QED) is 0.183. The van der Waals surface area contributed by atoms with Crippen LogP contribution in [0.3, 0.4) is 0 Å². The molecule has 0 amide bonds. The Morgan fingerprint density at radius 3 is 2.35 bits per heavy atom. The summed E-state index contributed by atoms with van der Waals surface area (Å²) < 4.78 is 28.1. The number of rotatable bonds is 13. The van der Waals surface area contributed by atoms with Gasteiger partial charge in [-0.05, 0) is 102 Å². The largest absolute Gasteiger partial charge is 0.487 e. The van der Waals surface area contributed by atoms with Crippen LogP contribution >= 0.6 is 0 Å². The number of benzene rings is 1. The van der Waals surface area contributed by atoms with E-state index in [9.17, 15) is 5.26 Å². The van der Waals surface area contributed by atoms with Gasteiger partial charge in [0, 0.05) is 37.1 Å². The zero-order chi connectivity index (χ0) is 36.8. The summed E-state index contributed by atoms with van der Waals surface area (Å²) >= 11 is 0. The molecule has 278 valence electrons. The first-order valence-corrected chi connectivity index (χ1v) is 18.2. The SMILES string of the molecule is CC(COC(C)(C)C)Oc1nn(C2CCC(N3C[C@@H](C)O[C@@H](C)C3)CC2)cc1Nc1ncc(-c2ccc(C#N)c(O[C@@H](C)Cn3cnnn3)c2)cn1. The summed E-state index contributed by atoms with van der Waals surface area (Å²) in [6, 6.07) is 8.45. The topological polar surface area (TPSA) is 163 Å². The smallest absolute Gasteiger partial charge is 0.257 e. The minimum Gasteiger partial charge on any atom is -0.487 e. The van der Waals surface area contributed by atoms with Gasteiger partial charge in [-0.1, -0.05) is 6.07 Å². The first-order chi connectivity index (χ1) is 24.9. The number of tetrazole rings is 1. The van der Waals surface area contributed by atoms with Crippen LogP contribution in [0.5, 0.6) is 11.6 Å². The van der Waals surface area contributed by atoms with Crippen LogP contribution in [0, 0.1) is 11.3 Å². The molecule has 6 rings (SSSR count). The highest BCUT2D eigenvalue weighted by atomic mass is 16.5. The summed E-state index contributed by atoms with van der Waals surface area (Å²) in [6.45, 7) is 17.1. The van der Waals surface area contributed by atoms with Gasteiger partial charge in [-0.25, -0.2) is 14.6 Å². The molecule has 1 aliphatic heterocycles. The van der Waals surface area contributed by atoms with E-state index in [2.05, 4.69) is 55.6 Å². The highest BCUT2D eigenvalue weighted by Crippen LogP contribution is 2.36. The molecule has 15 nitrogen and oxygen atoms in total. The summed E-state index contributed by atoms with van der Waals surface area (Å²) in [7, 11) is 0. The number of hydrogen-bond donors (Lipinski definition) is 1. The van der Waals surface area contributed by atoms with Crippen molar-refractivity contribution >= 4 is 11.6 Å². The maximum absolute atomic E-state index is 9.71. The molecule has 1 N–H and O–H groups in total. The van der Waals surface area contributed by atoms with Gasteiger partial charge in [0.05, 0.1) is 48.8 Å². The van der Waals surface area contributed by atoms with Gasteiger partial charge in [0.2, 0.25) is 5.95 Å². The standard InChI is InChI=1S/C37H51N11O4/c1-24-18-46(19-25(2)50-24)31-10-12-32(13-11-31)48-21-33(35(43-48)52-27(4)22-49-37(5,6)7)42-36-39-16-30(17-40-36)28-8-9-29(15-38)34(14-28)51-26(3)20-47-23-41-44-45-47/h8-9,14,16-17,21,23-27,31-32H,10-13,18-20,22H2,1-7H3,(H,39,40,42)/t24-,25+,26-,27?,31?,32?/m0/s1. The van der Waals surface area contributed by atoms with Crippen LogP contribution < -0.4 is 14.8 Å². The van der Waals surface area contributed by atoms with Crippen LogP contribution in [0.1, 0.15) is 85.8 Å². The molecule has 1 saturated heterocycles. The lowest BCUT2D eigenvalue weighted by Crippen LogP contribution is -2.51. The Labute approximate surface area is 305 Å². The lowest BCUT2D eigenvalue weighted by molar-refractivity contribution is -0.0852. The van der Waals surface area contributed by atoms with Gasteiger partial charge >= 0.3 is 0 Å². The van der Waals surface area contributed by atoms with Crippen LogP contribution in [0.25, 0.3) is 11.1 Å². The van der Waals surface area contributed by atoms with Gasteiger partial charge in [-0.2, -0.15) is 5.26 Å². The first kappa shape index (κ1) is 37.1. The van der Waals surface area contributed by atoms with E-state index in [1.165, 1.54) is 6.33 Å². The summed E-state index contributed by atoms with van der Waals surface area (Å²) in [5.74, 6) is 1.36. The second-order valence-electron chi connectivity index (χ2n) is 15.1. The fourth-order valence-electron chi connectivity index (χ4n) is 6.87. The summed E-state index contributed by atoms with van der Waals surface area (Å²) in [6.07, 6.45) is 11.3. The number of ether oxygens (including phenoxy) is 4. The molecule has 52 heavy (non-hydrogen) atoms. The fourth-order valence-corrected chi connectivity index (χ4v) is 6.87. The molecule has 4 heterocycles. The number of nitriles is 1. The minimum atomic E-state index is -0.280. The van der Waals surface area contributed by atoms with E-state index in [-0.39, 0.29) is 36.1 Å². The third-order valence-corrected chi connectivity index (χ3v) is 9.26. The molecule has 2 fully saturated rings.